The molecule has 0 aliphatic heterocycles. The van der Waals surface area contributed by atoms with Gasteiger partial charge in [0.15, 0.2) is 5.82 Å². The van der Waals surface area contributed by atoms with E-state index in [2.05, 4.69) is 10.1 Å². The van der Waals surface area contributed by atoms with Crippen molar-refractivity contribution in [2.45, 2.75) is 25.8 Å². The van der Waals surface area contributed by atoms with Crippen molar-refractivity contribution in [2.24, 2.45) is 0 Å². The molecule has 2 heterocycles. The van der Waals surface area contributed by atoms with Gasteiger partial charge in [0.25, 0.3) is 0 Å². The smallest absolute Gasteiger partial charge is 0.182 e. The fraction of sp³-hybridized carbons (Fsp3) is 0.292. The van der Waals surface area contributed by atoms with Crippen LogP contribution in [0.25, 0.3) is 22.4 Å². The van der Waals surface area contributed by atoms with Crippen molar-refractivity contribution < 1.29 is 18.3 Å². The number of rotatable bonds is 7. The van der Waals surface area contributed by atoms with Crippen molar-refractivity contribution in [1.29, 1.82) is 0 Å². The summed E-state index contributed by atoms with van der Waals surface area (Å²) in [7, 11) is 1.53. The Kier molecular flexibility index (Phi) is 5.95. The Morgan fingerprint density at radius 3 is 2.64 bits per heavy atom. The molecule has 0 radical (unpaired) electrons. The first-order valence-corrected chi connectivity index (χ1v) is 11.0. The van der Waals surface area contributed by atoms with Gasteiger partial charge in [0.1, 0.15) is 34.8 Å². The highest BCUT2D eigenvalue weighted by Crippen LogP contribution is 2.32. The van der Waals surface area contributed by atoms with Crippen molar-refractivity contribution in [1.82, 2.24) is 19.7 Å². The summed E-state index contributed by atoms with van der Waals surface area (Å²) in [6, 6.07) is 9.80. The summed E-state index contributed by atoms with van der Waals surface area (Å²) in [5.41, 5.74) is 3.06. The largest absolute Gasteiger partial charge is 0.491 e. The fourth-order valence-electron chi connectivity index (χ4n) is 4.11. The van der Waals surface area contributed by atoms with E-state index in [0.717, 1.165) is 35.9 Å². The van der Waals surface area contributed by atoms with Gasteiger partial charge >= 0.3 is 0 Å². The van der Waals surface area contributed by atoms with Gasteiger partial charge in [0.05, 0.1) is 18.7 Å². The second kappa shape index (κ2) is 9.03. The minimum absolute atomic E-state index is 0.102. The van der Waals surface area contributed by atoms with Crippen LogP contribution in [0, 0.1) is 11.6 Å². The van der Waals surface area contributed by atoms with Crippen LogP contribution in [0.15, 0.2) is 36.4 Å². The average Bonchev–Trinajstić information content (AvgIpc) is 3.42. The molecular formula is C24H21ClF2N4O2. The van der Waals surface area contributed by atoms with Crippen LogP contribution in [-0.2, 0) is 24.1 Å². The molecule has 1 aliphatic rings. The first-order chi connectivity index (χ1) is 16.0. The van der Waals surface area contributed by atoms with Gasteiger partial charge in [-0.1, -0.05) is 29.8 Å². The highest BCUT2D eigenvalue weighted by atomic mass is 35.5. The summed E-state index contributed by atoms with van der Waals surface area (Å²) in [6.45, 7) is 0.419. The number of halogens is 3. The molecule has 0 amide bonds. The third-order valence-electron chi connectivity index (χ3n) is 5.73. The number of hydrogen-bond donors (Lipinski definition) is 0. The fourth-order valence-corrected chi connectivity index (χ4v) is 4.40. The zero-order valence-corrected chi connectivity index (χ0v) is 18.7. The Morgan fingerprint density at radius 2 is 1.85 bits per heavy atom. The van der Waals surface area contributed by atoms with E-state index in [1.165, 1.54) is 19.2 Å². The Labute approximate surface area is 194 Å². The van der Waals surface area contributed by atoms with Crippen LogP contribution in [-0.4, -0.2) is 40.1 Å². The van der Waals surface area contributed by atoms with Crippen LogP contribution >= 0.6 is 11.6 Å². The van der Waals surface area contributed by atoms with Crippen LogP contribution in [0.1, 0.15) is 23.2 Å². The van der Waals surface area contributed by atoms with Gasteiger partial charge in [0.2, 0.25) is 0 Å². The number of para-hydroxylation sites is 1. The highest BCUT2D eigenvalue weighted by Gasteiger charge is 2.22. The molecule has 9 heteroatoms. The first-order valence-electron chi connectivity index (χ1n) is 10.7. The molecule has 0 fully saturated rings. The molecule has 2 aromatic carbocycles. The van der Waals surface area contributed by atoms with E-state index in [9.17, 15) is 8.78 Å². The Morgan fingerprint density at radius 1 is 1.06 bits per heavy atom. The minimum atomic E-state index is -0.708. The average molecular weight is 471 g/mol. The van der Waals surface area contributed by atoms with Crippen LogP contribution in [0.5, 0.6) is 5.75 Å². The van der Waals surface area contributed by atoms with Crippen LogP contribution in [0.2, 0.25) is 5.15 Å². The molecule has 0 saturated carbocycles. The molecule has 0 bridgehead atoms. The van der Waals surface area contributed by atoms with Crippen molar-refractivity contribution >= 4 is 22.5 Å². The quantitative estimate of drug-likeness (QED) is 0.281. The third kappa shape index (κ3) is 4.16. The molecule has 4 aromatic rings. The maximum absolute atomic E-state index is 14.8. The molecular weight excluding hydrogens is 450 g/mol. The van der Waals surface area contributed by atoms with Gasteiger partial charge in [-0.2, -0.15) is 5.10 Å². The van der Waals surface area contributed by atoms with E-state index in [0.29, 0.717) is 28.8 Å². The summed E-state index contributed by atoms with van der Waals surface area (Å²) >= 11 is 6.41. The Bertz CT molecular complexity index is 1320. The predicted molar refractivity (Wildman–Crippen MR) is 121 cm³/mol. The van der Waals surface area contributed by atoms with Crippen molar-refractivity contribution in [3.8, 4) is 17.3 Å². The van der Waals surface area contributed by atoms with E-state index in [4.69, 9.17) is 26.1 Å². The number of hydrogen-bond acceptors (Lipinski definition) is 5. The molecule has 2 aromatic heterocycles. The Hall–Kier alpha value is -3.10. The zero-order chi connectivity index (χ0) is 22.9. The molecule has 5 rings (SSSR count). The second-order valence-electron chi connectivity index (χ2n) is 7.85. The molecule has 6 nitrogen and oxygen atoms in total. The number of benzene rings is 2. The lowest BCUT2D eigenvalue weighted by atomic mass is 10.1. The molecule has 170 valence electrons. The van der Waals surface area contributed by atoms with E-state index < -0.39 is 11.6 Å². The second-order valence-corrected chi connectivity index (χ2v) is 8.20. The van der Waals surface area contributed by atoms with Gasteiger partial charge in [-0.3, -0.25) is 4.68 Å². The van der Waals surface area contributed by atoms with Gasteiger partial charge in [-0.05, 0) is 25.3 Å². The molecule has 0 unspecified atom stereocenters. The van der Waals surface area contributed by atoms with Crippen molar-refractivity contribution in [3.63, 3.8) is 0 Å². The van der Waals surface area contributed by atoms with Gasteiger partial charge < -0.3 is 9.47 Å². The van der Waals surface area contributed by atoms with Crippen LogP contribution in [0.4, 0.5) is 8.78 Å². The summed E-state index contributed by atoms with van der Waals surface area (Å²) in [6.07, 6.45) is 2.71. The zero-order valence-electron chi connectivity index (χ0n) is 17.9. The van der Waals surface area contributed by atoms with Gasteiger partial charge in [-0.25, -0.2) is 18.7 Å². The lowest BCUT2D eigenvalue weighted by Gasteiger charge is -2.10. The lowest BCUT2D eigenvalue weighted by Crippen LogP contribution is -2.09. The minimum Gasteiger partial charge on any atom is -0.491 e. The predicted octanol–water partition coefficient (Wildman–Crippen LogP) is 4.99. The molecule has 33 heavy (non-hydrogen) atoms. The summed E-state index contributed by atoms with van der Waals surface area (Å²) in [5.74, 6) is -0.892. The maximum atomic E-state index is 14.8. The number of fused-ring (bicyclic) bond motifs is 2. The van der Waals surface area contributed by atoms with Crippen molar-refractivity contribution in [2.75, 3.05) is 20.3 Å². The van der Waals surface area contributed by atoms with Crippen LogP contribution in [0.3, 0.4) is 0 Å². The maximum Gasteiger partial charge on any atom is 0.182 e. The van der Waals surface area contributed by atoms with E-state index in [1.807, 2.05) is 24.3 Å². The summed E-state index contributed by atoms with van der Waals surface area (Å²) in [4.78, 5) is 9.16. The van der Waals surface area contributed by atoms with E-state index in [-0.39, 0.29) is 24.5 Å². The summed E-state index contributed by atoms with van der Waals surface area (Å²) in [5, 5.41) is 5.86. The number of aromatic nitrogens is 4. The lowest BCUT2D eigenvalue weighted by molar-refractivity contribution is 0.146. The molecule has 1 aliphatic carbocycles. The molecule has 0 spiro atoms. The summed E-state index contributed by atoms with van der Waals surface area (Å²) < 4.78 is 41.4. The standard InChI is InChI=1S/C24H21ClF2N4O2/c1-32-9-10-33-14-11-18(26)17(19(27)12-14)13-31-21-8-3-2-5-16(21)22(30-31)24-28-20-7-4-6-15(20)23(25)29-24/h2-3,5,8,11-12H,4,6-7,9-10,13H2,1H3. The van der Waals surface area contributed by atoms with Gasteiger partial charge in [0, 0.05) is 41.4 Å². The third-order valence-corrected chi connectivity index (χ3v) is 6.04. The highest BCUT2D eigenvalue weighted by molar-refractivity contribution is 6.30. The molecule has 0 saturated heterocycles. The molecule has 0 N–H and O–H groups in total. The van der Waals surface area contributed by atoms with E-state index in [1.54, 1.807) is 4.68 Å². The normalized spacial score (nSPS) is 13.0. The topological polar surface area (TPSA) is 62.1 Å². The number of aryl methyl sites for hydroxylation is 1. The first kappa shape index (κ1) is 21.7. The Balaban J connectivity index is 1.53. The molecule has 0 atom stereocenters. The van der Waals surface area contributed by atoms with Crippen LogP contribution < -0.4 is 4.74 Å². The van der Waals surface area contributed by atoms with Gasteiger partial charge in [-0.15, -0.1) is 0 Å². The van der Waals surface area contributed by atoms with E-state index >= 15 is 0 Å². The van der Waals surface area contributed by atoms with Crippen molar-refractivity contribution in [3.05, 3.63) is 70.0 Å². The number of ether oxygens (including phenoxy) is 2. The SMILES string of the molecule is COCCOc1cc(F)c(Cn2nc(-c3nc(Cl)c4c(n3)CCC4)c3ccccc32)c(F)c1. The number of nitrogens with zero attached hydrogens (tertiary/aromatic N) is 4. The number of methoxy groups -OCH3 is 1. The monoisotopic (exact) mass is 470 g/mol.